The summed E-state index contributed by atoms with van der Waals surface area (Å²) >= 11 is 0. The molecule has 0 saturated heterocycles. The first kappa shape index (κ1) is 9.15. The summed E-state index contributed by atoms with van der Waals surface area (Å²) in [4.78, 5) is 4.15. The van der Waals surface area contributed by atoms with Crippen molar-refractivity contribution in [2.45, 2.75) is 27.2 Å². The van der Waals surface area contributed by atoms with E-state index in [1.54, 1.807) is 0 Å². The summed E-state index contributed by atoms with van der Waals surface area (Å²) < 4.78 is 0. The number of hydrogen-bond donors (Lipinski definition) is 0. The molecular weight excluding hydrogens is 122 g/mol. The maximum atomic E-state index is 4.15. The van der Waals surface area contributed by atoms with Crippen molar-refractivity contribution in [1.82, 2.24) is 0 Å². The van der Waals surface area contributed by atoms with E-state index in [0.29, 0.717) is 0 Å². The quantitative estimate of drug-likeness (QED) is 0.530. The summed E-state index contributed by atoms with van der Waals surface area (Å²) in [5.41, 5.74) is 1.08. The minimum absolute atomic E-state index is 1.05. The van der Waals surface area contributed by atoms with Gasteiger partial charge in [0.25, 0.3) is 0 Å². The lowest BCUT2D eigenvalue weighted by Gasteiger charge is -1.86. The average Bonchev–Trinajstić information content (AvgIpc) is 1.89. The summed E-state index contributed by atoms with van der Waals surface area (Å²) in [5.74, 6) is 0. The zero-order chi connectivity index (χ0) is 7.82. The van der Waals surface area contributed by atoms with E-state index in [2.05, 4.69) is 18.0 Å². The van der Waals surface area contributed by atoms with E-state index < -0.39 is 0 Å². The minimum atomic E-state index is 1.05. The number of allylic oxidation sites excluding steroid dienone is 4. The van der Waals surface area contributed by atoms with Gasteiger partial charge in [0.2, 0.25) is 0 Å². The van der Waals surface area contributed by atoms with E-state index in [1.807, 2.05) is 32.2 Å². The van der Waals surface area contributed by atoms with Gasteiger partial charge in [-0.1, -0.05) is 19.1 Å². The van der Waals surface area contributed by atoms with Crippen LogP contribution in [-0.2, 0) is 0 Å². The van der Waals surface area contributed by atoms with Crippen molar-refractivity contribution in [3.63, 3.8) is 0 Å². The molecule has 0 N–H and O–H groups in total. The second-order valence-corrected chi connectivity index (χ2v) is 2.06. The zero-order valence-electron chi connectivity index (χ0n) is 6.96. The molecule has 0 aromatic carbocycles. The lowest BCUT2D eigenvalue weighted by Crippen LogP contribution is -1.69. The van der Waals surface area contributed by atoms with Gasteiger partial charge in [0, 0.05) is 11.9 Å². The number of aliphatic imine (C=N–C) groups is 1. The zero-order valence-corrected chi connectivity index (χ0v) is 6.96. The van der Waals surface area contributed by atoms with Crippen molar-refractivity contribution in [2.75, 3.05) is 0 Å². The molecule has 10 heavy (non-hydrogen) atoms. The van der Waals surface area contributed by atoms with Crippen molar-refractivity contribution in [1.29, 1.82) is 0 Å². The third kappa shape index (κ3) is 5.29. The highest BCUT2D eigenvalue weighted by Crippen LogP contribution is 1.94. The van der Waals surface area contributed by atoms with Crippen molar-refractivity contribution in [3.8, 4) is 0 Å². The van der Waals surface area contributed by atoms with Gasteiger partial charge >= 0.3 is 0 Å². The first-order chi connectivity index (χ1) is 4.81. The van der Waals surface area contributed by atoms with Gasteiger partial charge in [-0.2, -0.15) is 0 Å². The van der Waals surface area contributed by atoms with E-state index in [-0.39, 0.29) is 0 Å². The Hall–Kier alpha value is -0.850. The van der Waals surface area contributed by atoms with Gasteiger partial charge in [-0.05, 0) is 26.3 Å². The van der Waals surface area contributed by atoms with Gasteiger partial charge < -0.3 is 0 Å². The Morgan fingerprint density at radius 2 is 2.20 bits per heavy atom. The van der Waals surface area contributed by atoms with E-state index in [1.165, 1.54) is 0 Å². The third-order valence-corrected chi connectivity index (χ3v) is 1.06. The van der Waals surface area contributed by atoms with E-state index >= 15 is 0 Å². The monoisotopic (exact) mass is 137 g/mol. The first-order valence-electron chi connectivity index (χ1n) is 3.63. The largest absolute Gasteiger partial charge is 0.262 e. The van der Waals surface area contributed by atoms with Crippen LogP contribution in [0.4, 0.5) is 0 Å². The molecule has 0 bridgehead atoms. The fraction of sp³-hybridized carbons (Fsp3) is 0.444. The molecule has 0 fully saturated rings. The average molecular weight is 137 g/mol. The molecule has 0 aliphatic heterocycles. The summed E-state index contributed by atoms with van der Waals surface area (Å²) in [6, 6.07) is 0. The molecule has 0 rings (SSSR count). The Bertz CT molecular complexity index is 152. The normalized spacial score (nSPS) is 13.7. The molecule has 0 saturated carbocycles. The lowest BCUT2D eigenvalue weighted by atomic mass is 10.4. The topological polar surface area (TPSA) is 12.4 Å². The van der Waals surface area contributed by atoms with Gasteiger partial charge in [0.05, 0.1) is 0 Å². The fourth-order valence-electron chi connectivity index (χ4n) is 0.595. The molecule has 0 aromatic rings. The number of hydrogen-bond acceptors (Lipinski definition) is 1. The SMILES string of the molecule is CC=CC=N/C(C)=C/CC. The Kier molecular flexibility index (Phi) is 5.74. The van der Waals surface area contributed by atoms with Crippen molar-refractivity contribution >= 4 is 6.21 Å². The highest BCUT2D eigenvalue weighted by atomic mass is 14.7. The number of nitrogens with zero attached hydrogens (tertiary/aromatic N) is 1. The van der Waals surface area contributed by atoms with Crippen molar-refractivity contribution in [2.24, 2.45) is 4.99 Å². The summed E-state index contributed by atoms with van der Waals surface area (Å²) in [5, 5.41) is 0. The molecule has 0 unspecified atom stereocenters. The molecular formula is C9H15N. The van der Waals surface area contributed by atoms with Crippen LogP contribution >= 0.6 is 0 Å². The highest BCUT2D eigenvalue weighted by molar-refractivity contribution is 5.71. The molecule has 1 nitrogen and oxygen atoms in total. The van der Waals surface area contributed by atoms with Crippen LogP contribution in [0.25, 0.3) is 0 Å². The molecule has 0 atom stereocenters. The fourth-order valence-corrected chi connectivity index (χ4v) is 0.595. The van der Waals surface area contributed by atoms with Gasteiger partial charge in [0.15, 0.2) is 0 Å². The van der Waals surface area contributed by atoms with Gasteiger partial charge in [-0.25, -0.2) is 0 Å². The summed E-state index contributed by atoms with van der Waals surface area (Å²) in [7, 11) is 0. The van der Waals surface area contributed by atoms with Gasteiger partial charge in [0.1, 0.15) is 0 Å². The predicted octanol–water partition coefficient (Wildman–Crippen LogP) is 2.95. The van der Waals surface area contributed by atoms with Crippen molar-refractivity contribution in [3.05, 3.63) is 23.9 Å². The smallest absolute Gasteiger partial charge is 0.0332 e. The predicted molar refractivity (Wildman–Crippen MR) is 47.4 cm³/mol. The van der Waals surface area contributed by atoms with Crippen LogP contribution < -0.4 is 0 Å². The standard InChI is InChI=1S/C9H15N/c1-4-6-8-10-9(3)7-5-2/h4,6-8H,5H2,1-3H3/b6-4?,9-7+,10-8?. The van der Waals surface area contributed by atoms with E-state index in [9.17, 15) is 0 Å². The van der Waals surface area contributed by atoms with Crippen LogP contribution in [0, 0.1) is 0 Å². The Morgan fingerprint density at radius 3 is 2.70 bits per heavy atom. The molecule has 0 amide bonds. The van der Waals surface area contributed by atoms with Gasteiger partial charge in [-0.15, -0.1) is 0 Å². The third-order valence-electron chi connectivity index (χ3n) is 1.06. The lowest BCUT2D eigenvalue weighted by molar-refractivity contribution is 1.16. The Balaban J connectivity index is 3.76. The molecule has 0 spiro atoms. The van der Waals surface area contributed by atoms with Crippen LogP contribution in [0.3, 0.4) is 0 Å². The second kappa shape index (κ2) is 6.27. The van der Waals surface area contributed by atoms with Crippen LogP contribution in [0.1, 0.15) is 27.2 Å². The molecule has 0 radical (unpaired) electrons. The van der Waals surface area contributed by atoms with Crippen LogP contribution in [0.2, 0.25) is 0 Å². The van der Waals surface area contributed by atoms with E-state index in [4.69, 9.17) is 0 Å². The maximum absolute atomic E-state index is 4.15. The van der Waals surface area contributed by atoms with Crippen LogP contribution in [-0.4, -0.2) is 6.21 Å². The molecule has 0 aliphatic carbocycles. The Morgan fingerprint density at radius 1 is 1.50 bits per heavy atom. The highest BCUT2D eigenvalue weighted by Gasteiger charge is 1.76. The summed E-state index contributed by atoms with van der Waals surface area (Å²) in [6.07, 6.45) is 8.84. The van der Waals surface area contributed by atoms with E-state index in [0.717, 1.165) is 12.1 Å². The summed E-state index contributed by atoms with van der Waals surface area (Å²) in [6.45, 7) is 6.09. The van der Waals surface area contributed by atoms with Crippen LogP contribution in [0.15, 0.2) is 28.9 Å². The molecule has 1 heteroatoms. The molecule has 0 aromatic heterocycles. The van der Waals surface area contributed by atoms with Gasteiger partial charge in [-0.3, -0.25) is 4.99 Å². The molecule has 0 aliphatic rings. The van der Waals surface area contributed by atoms with Crippen molar-refractivity contribution < 1.29 is 0 Å². The van der Waals surface area contributed by atoms with Crippen LogP contribution in [0.5, 0.6) is 0 Å². The minimum Gasteiger partial charge on any atom is -0.262 e. The maximum Gasteiger partial charge on any atom is 0.0332 e. The molecule has 0 heterocycles. The molecule has 56 valence electrons. The first-order valence-corrected chi connectivity index (χ1v) is 3.63. The Labute approximate surface area is 63.2 Å². The number of rotatable bonds is 3. The second-order valence-electron chi connectivity index (χ2n) is 2.06.